The van der Waals surface area contributed by atoms with Crippen molar-refractivity contribution in [3.63, 3.8) is 0 Å². The van der Waals surface area contributed by atoms with Crippen LogP contribution >= 0.6 is 11.3 Å². The SMILES string of the molecule is O=c1c2ccccc2cc(-c2cccs2)n1-c1ccccc1. The smallest absolute Gasteiger partial charge is 0.263 e. The van der Waals surface area contributed by atoms with Gasteiger partial charge in [0.25, 0.3) is 5.56 Å². The molecule has 22 heavy (non-hydrogen) atoms. The predicted octanol–water partition coefficient (Wildman–Crippen LogP) is 4.72. The Morgan fingerprint density at radius 3 is 2.36 bits per heavy atom. The fourth-order valence-electron chi connectivity index (χ4n) is 2.70. The first-order valence-electron chi connectivity index (χ1n) is 7.09. The average Bonchev–Trinajstić information content (AvgIpc) is 3.10. The van der Waals surface area contributed by atoms with E-state index in [0.29, 0.717) is 0 Å². The summed E-state index contributed by atoms with van der Waals surface area (Å²) in [5.41, 5.74) is 1.85. The molecule has 4 rings (SSSR count). The van der Waals surface area contributed by atoms with Gasteiger partial charge in [0.2, 0.25) is 0 Å². The van der Waals surface area contributed by atoms with E-state index in [1.54, 1.807) is 15.9 Å². The largest absolute Gasteiger partial charge is 0.276 e. The molecule has 0 N–H and O–H groups in total. The van der Waals surface area contributed by atoms with Crippen molar-refractivity contribution in [3.8, 4) is 16.3 Å². The summed E-state index contributed by atoms with van der Waals surface area (Å²) < 4.78 is 1.80. The van der Waals surface area contributed by atoms with Gasteiger partial charge in [0.15, 0.2) is 0 Å². The number of para-hydroxylation sites is 1. The lowest BCUT2D eigenvalue weighted by atomic mass is 10.1. The van der Waals surface area contributed by atoms with E-state index in [1.807, 2.05) is 72.1 Å². The lowest BCUT2D eigenvalue weighted by Crippen LogP contribution is -2.20. The van der Waals surface area contributed by atoms with Crippen LogP contribution in [0.5, 0.6) is 0 Å². The molecule has 3 heteroatoms. The molecule has 0 unspecified atom stereocenters. The summed E-state index contributed by atoms with van der Waals surface area (Å²) in [4.78, 5) is 14.1. The minimum atomic E-state index is 0.0210. The molecule has 0 radical (unpaired) electrons. The highest BCUT2D eigenvalue weighted by Crippen LogP contribution is 2.28. The molecule has 0 aliphatic heterocycles. The molecule has 2 nitrogen and oxygen atoms in total. The lowest BCUT2D eigenvalue weighted by Gasteiger charge is -2.13. The molecular weight excluding hydrogens is 290 g/mol. The average molecular weight is 303 g/mol. The Bertz CT molecular complexity index is 985. The van der Waals surface area contributed by atoms with E-state index in [9.17, 15) is 4.79 Å². The van der Waals surface area contributed by atoms with Gasteiger partial charge in [-0.2, -0.15) is 0 Å². The summed E-state index contributed by atoms with van der Waals surface area (Å²) in [6.07, 6.45) is 0. The molecule has 4 aromatic rings. The van der Waals surface area contributed by atoms with Gasteiger partial charge >= 0.3 is 0 Å². The van der Waals surface area contributed by atoms with E-state index in [1.165, 1.54) is 0 Å². The fraction of sp³-hybridized carbons (Fsp3) is 0. The Labute approximate surface area is 131 Å². The molecule has 0 aliphatic carbocycles. The highest BCUT2D eigenvalue weighted by atomic mass is 32.1. The third-order valence-corrected chi connectivity index (χ3v) is 4.61. The Morgan fingerprint density at radius 1 is 0.818 bits per heavy atom. The molecule has 0 bridgehead atoms. The van der Waals surface area contributed by atoms with Crippen molar-refractivity contribution in [2.75, 3.05) is 0 Å². The first-order valence-corrected chi connectivity index (χ1v) is 7.97. The van der Waals surface area contributed by atoms with Crippen LogP contribution in [0.1, 0.15) is 0 Å². The van der Waals surface area contributed by atoms with Crippen LogP contribution in [0.25, 0.3) is 27.0 Å². The summed E-state index contributed by atoms with van der Waals surface area (Å²) in [6, 6.07) is 23.7. The van der Waals surface area contributed by atoms with Gasteiger partial charge in [0, 0.05) is 11.1 Å². The first-order chi connectivity index (χ1) is 10.8. The van der Waals surface area contributed by atoms with Crippen molar-refractivity contribution < 1.29 is 0 Å². The molecule has 0 amide bonds. The van der Waals surface area contributed by atoms with Crippen LogP contribution in [0.3, 0.4) is 0 Å². The van der Waals surface area contributed by atoms with E-state index in [4.69, 9.17) is 0 Å². The van der Waals surface area contributed by atoms with Gasteiger partial charge in [-0.25, -0.2) is 0 Å². The number of nitrogens with zero attached hydrogens (tertiary/aromatic N) is 1. The maximum absolute atomic E-state index is 13.0. The van der Waals surface area contributed by atoms with Gasteiger partial charge in [-0.05, 0) is 41.1 Å². The molecule has 0 aliphatic rings. The topological polar surface area (TPSA) is 22.0 Å². The quantitative estimate of drug-likeness (QED) is 0.525. The zero-order valence-electron chi connectivity index (χ0n) is 11.8. The van der Waals surface area contributed by atoms with E-state index in [2.05, 4.69) is 6.07 Å². The molecule has 0 spiro atoms. The molecule has 0 saturated heterocycles. The second kappa shape index (κ2) is 5.28. The number of fused-ring (bicyclic) bond motifs is 1. The number of rotatable bonds is 2. The van der Waals surface area contributed by atoms with Crippen molar-refractivity contribution in [2.24, 2.45) is 0 Å². The van der Waals surface area contributed by atoms with E-state index in [0.717, 1.165) is 27.0 Å². The van der Waals surface area contributed by atoms with Crippen LogP contribution < -0.4 is 5.56 Å². The molecule has 0 fully saturated rings. The number of thiophene rings is 1. The number of hydrogen-bond acceptors (Lipinski definition) is 2. The summed E-state index contributed by atoms with van der Waals surface area (Å²) in [5.74, 6) is 0. The van der Waals surface area contributed by atoms with Crippen LogP contribution in [-0.4, -0.2) is 4.57 Å². The number of pyridine rings is 1. The molecule has 0 saturated carbocycles. The molecule has 2 heterocycles. The summed E-state index contributed by atoms with van der Waals surface area (Å²) >= 11 is 1.64. The van der Waals surface area contributed by atoms with Crippen LogP contribution in [0.15, 0.2) is 83.0 Å². The van der Waals surface area contributed by atoms with Crippen LogP contribution in [0, 0.1) is 0 Å². The number of hydrogen-bond donors (Lipinski definition) is 0. The second-order valence-electron chi connectivity index (χ2n) is 5.07. The zero-order chi connectivity index (χ0) is 14.9. The Morgan fingerprint density at radius 2 is 1.59 bits per heavy atom. The van der Waals surface area contributed by atoms with Gasteiger partial charge in [-0.1, -0.05) is 42.5 Å². The number of benzene rings is 2. The van der Waals surface area contributed by atoms with Crippen molar-refractivity contribution in [3.05, 3.63) is 88.5 Å². The van der Waals surface area contributed by atoms with Gasteiger partial charge in [0.05, 0.1) is 10.6 Å². The normalized spacial score (nSPS) is 10.9. The van der Waals surface area contributed by atoms with Crippen molar-refractivity contribution in [1.82, 2.24) is 4.57 Å². The van der Waals surface area contributed by atoms with Crippen LogP contribution in [0.2, 0.25) is 0 Å². The second-order valence-corrected chi connectivity index (χ2v) is 6.02. The molecule has 106 valence electrons. The summed E-state index contributed by atoms with van der Waals surface area (Å²) in [7, 11) is 0. The van der Waals surface area contributed by atoms with Gasteiger partial charge in [-0.15, -0.1) is 11.3 Å². The third kappa shape index (κ3) is 2.07. The minimum absolute atomic E-state index is 0.0210. The first kappa shape index (κ1) is 13.0. The zero-order valence-corrected chi connectivity index (χ0v) is 12.6. The lowest BCUT2D eigenvalue weighted by molar-refractivity contribution is 1.02. The predicted molar refractivity (Wildman–Crippen MR) is 92.9 cm³/mol. The Hall–Kier alpha value is -2.65. The van der Waals surface area contributed by atoms with E-state index >= 15 is 0 Å². The maximum Gasteiger partial charge on any atom is 0.263 e. The summed E-state index contributed by atoms with van der Waals surface area (Å²) in [5, 5.41) is 3.75. The monoisotopic (exact) mass is 303 g/mol. The summed E-state index contributed by atoms with van der Waals surface area (Å²) in [6.45, 7) is 0. The van der Waals surface area contributed by atoms with Gasteiger partial charge in [0.1, 0.15) is 0 Å². The molecule has 0 atom stereocenters. The molecular formula is C19H13NOS. The minimum Gasteiger partial charge on any atom is -0.276 e. The van der Waals surface area contributed by atoms with Crippen molar-refractivity contribution in [1.29, 1.82) is 0 Å². The molecule has 2 aromatic carbocycles. The fourth-order valence-corrected chi connectivity index (χ4v) is 3.43. The Kier molecular flexibility index (Phi) is 3.13. The third-order valence-electron chi connectivity index (χ3n) is 3.72. The van der Waals surface area contributed by atoms with Gasteiger partial charge in [-0.3, -0.25) is 9.36 Å². The van der Waals surface area contributed by atoms with Crippen LogP contribution in [-0.2, 0) is 0 Å². The molecule has 2 aromatic heterocycles. The van der Waals surface area contributed by atoms with Crippen molar-refractivity contribution >= 4 is 22.1 Å². The maximum atomic E-state index is 13.0. The number of aromatic nitrogens is 1. The highest BCUT2D eigenvalue weighted by Gasteiger charge is 2.12. The Balaban J connectivity index is 2.15. The van der Waals surface area contributed by atoms with Crippen molar-refractivity contribution in [2.45, 2.75) is 0 Å². The van der Waals surface area contributed by atoms with E-state index in [-0.39, 0.29) is 5.56 Å². The van der Waals surface area contributed by atoms with Gasteiger partial charge < -0.3 is 0 Å². The van der Waals surface area contributed by atoms with E-state index < -0.39 is 0 Å². The highest BCUT2D eigenvalue weighted by molar-refractivity contribution is 7.13. The standard InChI is InChI=1S/C19H13NOS/c21-19-16-10-5-4-7-14(16)13-17(18-11-6-12-22-18)20(19)15-8-2-1-3-9-15/h1-13H. The van der Waals surface area contributed by atoms with Crippen LogP contribution in [0.4, 0.5) is 0 Å².